The number of rotatable bonds is 9. The first kappa shape index (κ1) is 22.3. The van der Waals surface area contributed by atoms with Crippen molar-refractivity contribution in [2.75, 3.05) is 38.6 Å². The van der Waals surface area contributed by atoms with E-state index in [1.165, 1.54) is 0 Å². The van der Waals surface area contributed by atoms with Gasteiger partial charge in [-0.25, -0.2) is 9.97 Å². The summed E-state index contributed by atoms with van der Waals surface area (Å²) in [4.78, 5) is 11.8. The number of nitrogens with one attached hydrogen (secondary N) is 3. The normalized spacial score (nSPS) is 11.8. The molecular formula is C19H25F3N6O. The third-order valence-electron chi connectivity index (χ3n) is 3.83. The Morgan fingerprint density at radius 1 is 1.14 bits per heavy atom. The molecule has 158 valence electrons. The Hall–Kier alpha value is -3.04. The number of ether oxygens (including phenoxy) is 1. The quantitative estimate of drug-likeness (QED) is 0.335. The van der Waals surface area contributed by atoms with E-state index in [1.54, 1.807) is 7.11 Å². The summed E-state index contributed by atoms with van der Waals surface area (Å²) in [7, 11) is 1.63. The van der Waals surface area contributed by atoms with Crippen LogP contribution >= 0.6 is 0 Å². The molecule has 1 aromatic carbocycles. The summed E-state index contributed by atoms with van der Waals surface area (Å²) in [5.74, 6) is 1.37. The molecule has 3 N–H and O–H groups in total. The van der Waals surface area contributed by atoms with E-state index in [9.17, 15) is 13.2 Å². The lowest BCUT2D eigenvalue weighted by atomic mass is 10.1. The van der Waals surface area contributed by atoms with E-state index in [2.05, 4.69) is 30.9 Å². The average Bonchev–Trinajstić information content (AvgIpc) is 2.71. The standard InChI is InChI=1S/C19H25F3N6O/c1-3-23-17(24-10-8-14-6-4-5-7-15(14)29-2)26-12-13-27-18-25-11-9-16(28-18)19(20,21)22/h4-7,9,11H,3,8,10,12-13H2,1-2H3,(H2,23,24,26)(H,25,27,28). The number of hydrogen-bond acceptors (Lipinski definition) is 5. The zero-order valence-corrected chi connectivity index (χ0v) is 16.4. The maximum Gasteiger partial charge on any atom is 0.433 e. The smallest absolute Gasteiger partial charge is 0.433 e. The van der Waals surface area contributed by atoms with Crippen LogP contribution in [0.4, 0.5) is 19.1 Å². The van der Waals surface area contributed by atoms with Crippen molar-refractivity contribution in [3.8, 4) is 5.75 Å². The molecule has 2 aromatic rings. The van der Waals surface area contributed by atoms with Gasteiger partial charge in [0.25, 0.3) is 0 Å². The van der Waals surface area contributed by atoms with Crippen LogP contribution in [-0.2, 0) is 12.6 Å². The molecule has 0 unspecified atom stereocenters. The predicted molar refractivity (Wildman–Crippen MR) is 106 cm³/mol. The molecule has 0 fully saturated rings. The number of halogens is 3. The minimum Gasteiger partial charge on any atom is -0.496 e. The van der Waals surface area contributed by atoms with Crippen molar-refractivity contribution < 1.29 is 17.9 Å². The molecule has 2 rings (SSSR count). The second-order valence-electron chi connectivity index (χ2n) is 5.94. The van der Waals surface area contributed by atoms with Crippen molar-refractivity contribution in [1.29, 1.82) is 0 Å². The van der Waals surface area contributed by atoms with E-state index >= 15 is 0 Å². The van der Waals surface area contributed by atoms with E-state index in [1.807, 2.05) is 31.2 Å². The van der Waals surface area contributed by atoms with Crippen molar-refractivity contribution in [2.24, 2.45) is 4.99 Å². The number of para-hydroxylation sites is 1. The predicted octanol–water partition coefficient (Wildman–Crippen LogP) is 2.71. The lowest BCUT2D eigenvalue weighted by Gasteiger charge is -2.13. The summed E-state index contributed by atoms with van der Waals surface area (Å²) in [6.07, 6.45) is -2.70. The number of nitrogens with zero attached hydrogens (tertiary/aromatic N) is 3. The highest BCUT2D eigenvalue weighted by atomic mass is 19.4. The van der Waals surface area contributed by atoms with E-state index in [0.717, 1.165) is 30.0 Å². The summed E-state index contributed by atoms with van der Waals surface area (Å²) < 4.78 is 43.4. The van der Waals surface area contributed by atoms with Gasteiger partial charge in [-0.1, -0.05) is 18.2 Å². The fourth-order valence-corrected chi connectivity index (χ4v) is 2.50. The lowest BCUT2D eigenvalue weighted by molar-refractivity contribution is -0.141. The van der Waals surface area contributed by atoms with Crippen molar-refractivity contribution >= 4 is 11.9 Å². The van der Waals surface area contributed by atoms with Crippen molar-refractivity contribution in [3.63, 3.8) is 0 Å². The van der Waals surface area contributed by atoms with Crippen LogP contribution < -0.4 is 20.7 Å². The number of alkyl halides is 3. The third kappa shape index (κ3) is 7.47. The molecule has 10 heteroatoms. The topological polar surface area (TPSA) is 83.5 Å². The first-order valence-corrected chi connectivity index (χ1v) is 9.22. The summed E-state index contributed by atoms with van der Waals surface area (Å²) in [6.45, 7) is 3.95. The lowest BCUT2D eigenvalue weighted by Crippen LogP contribution is -2.39. The summed E-state index contributed by atoms with van der Waals surface area (Å²) in [5.41, 5.74) is 0.0900. The van der Waals surface area contributed by atoms with Gasteiger partial charge in [0.1, 0.15) is 11.4 Å². The molecule has 0 bridgehead atoms. The van der Waals surface area contributed by atoms with Crippen LogP contribution in [0.15, 0.2) is 41.5 Å². The Bertz CT molecular complexity index is 798. The molecule has 0 aliphatic heterocycles. The maximum atomic E-state index is 12.7. The first-order chi connectivity index (χ1) is 13.9. The molecule has 0 atom stereocenters. The molecule has 1 heterocycles. The number of aromatic nitrogens is 2. The Morgan fingerprint density at radius 2 is 1.93 bits per heavy atom. The maximum absolute atomic E-state index is 12.7. The third-order valence-corrected chi connectivity index (χ3v) is 3.83. The number of hydrogen-bond donors (Lipinski definition) is 3. The fourth-order valence-electron chi connectivity index (χ4n) is 2.50. The molecule has 0 radical (unpaired) electrons. The molecule has 0 aliphatic carbocycles. The van der Waals surface area contributed by atoms with Gasteiger partial charge in [-0.05, 0) is 31.0 Å². The van der Waals surface area contributed by atoms with Gasteiger partial charge >= 0.3 is 6.18 Å². The van der Waals surface area contributed by atoms with Crippen LogP contribution in [0.3, 0.4) is 0 Å². The number of aliphatic imine (C=N–C) groups is 1. The van der Waals surface area contributed by atoms with Crippen LogP contribution in [0.2, 0.25) is 0 Å². The second-order valence-corrected chi connectivity index (χ2v) is 5.94. The minimum absolute atomic E-state index is 0.0697. The molecule has 29 heavy (non-hydrogen) atoms. The van der Waals surface area contributed by atoms with Crippen LogP contribution in [0.5, 0.6) is 5.75 Å². The molecule has 0 aliphatic rings. The van der Waals surface area contributed by atoms with Gasteiger partial charge in [0.2, 0.25) is 5.95 Å². The number of guanidine groups is 1. The van der Waals surface area contributed by atoms with Crippen LogP contribution in [0.25, 0.3) is 0 Å². The monoisotopic (exact) mass is 410 g/mol. The van der Waals surface area contributed by atoms with Gasteiger partial charge in [-0.15, -0.1) is 0 Å². The SMILES string of the molecule is CCNC(=NCCc1ccccc1OC)NCCNc1nccc(C(F)(F)F)n1. The van der Waals surface area contributed by atoms with E-state index in [4.69, 9.17) is 4.74 Å². The highest BCUT2D eigenvalue weighted by molar-refractivity contribution is 5.79. The summed E-state index contributed by atoms with van der Waals surface area (Å²) in [5, 5.41) is 9.01. The number of anilines is 1. The Kier molecular flexibility index (Phi) is 8.50. The Morgan fingerprint density at radius 3 is 2.66 bits per heavy atom. The highest BCUT2D eigenvalue weighted by Gasteiger charge is 2.32. The van der Waals surface area contributed by atoms with Crippen LogP contribution in [0, 0.1) is 0 Å². The average molecular weight is 410 g/mol. The summed E-state index contributed by atoms with van der Waals surface area (Å²) in [6, 6.07) is 8.60. The molecule has 7 nitrogen and oxygen atoms in total. The van der Waals surface area contributed by atoms with Gasteiger partial charge in [0.05, 0.1) is 7.11 Å². The van der Waals surface area contributed by atoms with Crippen molar-refractivity contribution in [3.05, 3.63) is 47.8 Å². The first-order valence-electron chi connectivity index (χ1n) is 9.22. The van der Waals surface area contributed by atoms with E-state index in [-0.39, 0.29) is 5.95 Å². The zero-order chi connectivity index (χ0) is 21.1. The van der Waals surface area contributed by atoms with Crippen LogP contribution in [-0.4, -0.2) is 49.2 Å². The molecule has 0 saturated heterocycles. The van der Waals surface area contributed by atoms with Gasteiger partial charge in [-0.3, -0.25) is 4.99 Å². The van der Waals surface area contributed by atoms with Crippen molar-refractivity contribution in [2.45, 2.75) is 19.5 Å². The van der Waals surface area contributed by atoms with Gasteiger partial charge in [0.15, 0.2) is 5.96 Å². The fraction of sp³-hybridized carbons (Fsp3) is 0.421. The minimum atomic E-state index is -4.50. The number of methoxy groups -OCH3 is 1. The van der Waals surface area contributed by atoms with Gasteiger partial charge < -0.3 is 20.7 Å². The second kappa shape index (κ2) is 11.1. The van der Waals surface area contributed by atoms with Gasteiger partial charge in [0, 0.05) is 32.4 Å². The molecule has 0 saturated carbocycles. The van der Waals surface area contributed by atoms with Gasteiger partial charge in [-0.2, -0.15) is 13.2 Å². The Labute approximate surface area is 167 Å². The Balaban J connectivity index is 1.82. The molecular weight excluding hydrogens is 385 g/mol. The molecule has 0 spiro atoms. The highest BCUT2D eigenvalue weighted by Crippen LogP contribution is 2.27. The molecule has 0 amide bonds. The largest absolute Gasteiger partial charge is 0.496 e. The van der Waals surface area contributed by atoms with Crippen LogP contribution in [0.1, 0.15) is 18.2 Å². The summed E-state index contributed by atoms with van der Waals surface area (Å²) >= 11 is 0. The van der Waals surface area contributed by atoms with Crippen molar-refractivity contribution in [1.82, 2.24) is 20.6 Å². The van der Waals surface area contributed by atoms with E-state index in [0.29, 0.717) is 32.1 Å². The zero-order valence-electron chi connectivity index (χ0n) is 16.4. The van der Waals surface area contributed by atoms with E-state index < -0.39 is 11.9 Å². The molecule has 1 aromatic heterocycles. The number of benzene rings is 1.